The molecule has 2 heterocycles. The lowest BCUT2D eigenvalue weighted by Crippen LogP contribution is -2.06. The minimum absolute atomic E-state index is 0.0623. The minimum atomic E-state index is -4.43. The first-order chi connectivity index (χ1) is 14.3. The summed E-state index contributed by atoms with van der Waals surface area (Å²) in [6, 6.07) is 11.7. The van der Waals surface area contributed by atoms with E-state index >= 15 is 0 Å². The van der Waals surface area contributed by atoms with Crippen molar-refractivity contribution in [3.8, 4) is 11.1 Å². The molecule has 4 rings (SSSR count). The Balaban J connectivity index is 2.01. The molecule has 0 aliphatic carbocycles. The van der Waals surface area contributed by atoms with Gasteiger partial charge in [-0.2, -0.15) is 13.2 Å². The Morgan fingerprint density at radius 2 is 1.73 bits per heavy atom. The number of hydrogen-bond acceptors (Lipinski definition) is 1. The molecular formula is C24H22ClF3N2. The van der Waals surface area contributed by atoms with E-state index in [0.717, 1.165) is 58.0 Å². The molecule has 6 heteroatoms. The summed E-state index contributed by atoms with van der Waals surface area (Å²) in [5.74, 6) is 0. The first-order valence-corrected chi connectivity index (χ1v) is 10.4. The Morgan fingerprint density at radius 1 is 1.00 bits per heavy atom. The summed E-state index contributed by atoms with van der Waals surface area (Å²) in [4.78, 5) is 4.82. The van der Waals surface area contributed by atoms with E-state index < -0.39 is 11.7 Å². The molecular weight excluding hydrogens is 409 g/mol. The average molecular weight is 431 g/mol. The van der Waals surface area contributed by atoms with Crippen molar-refractivity contribution < 1.29 is 13.2 Å². The van der Waals surface area contributed by atoms with Crippen LogP contribution in [0.25, 0.3) is 32.9 Å². The third-order valence-electron chi connectivity index (χ3n) is 5.80. The lowest BCUT2D eigenvalue weighted by atomic mass is 9.99. The van der Waals surface area contributed by atoms with Crippen LogP contribution in [0.5, 0.6) is 0 Å². The molecule has 30 heavy (non-hydrogen) atoms. The van der Waals surface area contributed by atoms with Gasteiger partial charge in [0, 0.05) is 44.9 Å². The highest BCUT2D eigenvalue weighted by Gasteiger charge is 2.31. The molecule has 0 spiro atoms. The normalized spacial score (nSPS) is 12.4. The van der Waals surface area contributed by atoms with Gasteiger partial charge in [0.1, 0.15) is 0 Å². The molecule has 0 atom stereocenters. The van der Waals surface area contributed by atoms with Crippen molar-refractivity contribution in [2.45, 2.75) is 45.8 Å². The Bertz CT molecular complexity index is 1240. The fraction of sp³-hybridized carbons (Fsp3) is 0.292. The first kappa shape index (κ1) is 20.7. The Labute approximate surface area is 178 Å². The second-order valence-electron chi connectivity index (χ2n) is 7.55. The van der Waals surface area contributed by atoms with Gasteiger partial charge in [-0.15, -0.1) is 0 Å². The molecule has 0 fully saturated rings. The van der Waals surface area contributed by atoms with Crippen LogP contribution < -0.4 is 0 Å². The maximum atomic E-state index is 13.1. The minimum Gasteiger partial charge on any atom is -0.344 e. The highest BCUT2D eigenvalue weighted by atomic mass is 35.5. The van der Waals surface area contributed by atoms with E-state index in [-0.39, 0.29) is 5.02 Å². The van der Waals surface area contributed by atoms with E-state index in [4.69, 9.17) is 16.6 Å². The zero-order chi connectivity index (χ0) is 21.6. The van der Waals surface area contributed by atoms with Gasteiger partial charge in [0.05, 0.1) is 16.6 Å². The Kier molecular flexibility index (Phi) is 5.27. The number of para-hydroxylation sites is 1. The maximum Gasteiger partial charge on any atom is 0.416 e. The number of benzene rings is 2. The predicted octanol–water partition coefficient (Wildman–Crippen LogP) is 8.20. The van der Waals surface area contributed by atoms with Crippen molar-refractivity contribution in [1.82, 2.24) is 9.55 Å². The van der Waals surface area contributed by atoms with Crippen LogP contribution in [0.15, 0.2) is 48.7 Å². The molecule has 2 aromatic heterocycles. The van der Waals surface area contributed by atoms with Crippen molar-refractivity contribution in [2.75, 3.05) is 0 Å². The van der Waals surface area contributed by atoms with Crippen LogP contribution >= 0.6 is 11.6 Å². The molecule has 0 amide bonds. The monoisotopic (exact) mass is 430 g/mol. The lowest BCUT2D eigenvalue weighted by molar-refractivity contribution is -0.137. The van der Waals surface area contributed by atoms with Gasteiger partial charge in [0.25, 0.3) is 0 Å². The topological polar surface area (TPSA) is 17.8 Å². The number of alkyl halides is 3. The number of halogens is 4. The molecule has 2 aromatic carbocycles. The molecule has 0 aliphatic heterocycles. The molecule has 0 unspecified atom stereocenters. The van der Waals surface area contributed by atoms with Crippen LogP contribution in [0.1, 0.15) is 44.0 Å². The summed E-state index contributed by atoms with van der Waals surface area (Å²) in [7, 11) is 0. The van der Waals surface area contributed by atoms with Crippen LogP contribution in [0, 0.1) is 6.92 Å². The van der Waals surface area contributed by atoms with Crippen LogP contribution in [0.4, 0.5) is 13.2 Å². The number of aromatic nitrogens is 2. The number of pyridine rings is 1. The summed E-state index contributed by atoms with van der Waals surface area (Å²) in [5, 5.41) is 2.12. The molecule has 0 saturated heterocycles. The van der Waals surface area contributed by atoms with Crippen LogP contribution in [0.3, 0.4) is 0 Å². The fourth-order valence-corrected chi connectivity index (χ4v) is 4.50. The highest BCUT2D eigenvalue weighted by molar-refractivity contribution is 6.34. The Hall–Kier alpha value is -2.53. The van der Waals surface area contributed by atoms with Gasteiger partial charge in [-0.1, -0.05) is 49.7 Å². The molecule has 2 nitrogen and oxygen atoms in total. The van der Waals surface area contributed by atoms with Gasteiger partial charge >= 0.3 is 6.18 Å². The largest absolute Gasteiger partial charge is 0.416 e. The van der Waals surface area contributed by atoms with Crippen molar-refractivity contribution in [3.05, 3.63) is 64.9 Å². The summed E-state index contributed by atoms with van der Waals surface area (Å²) in [5.41, 5.74) is 3.25. The van der Waals surface area contributed by atoms with Crippen molar-refractivity contribution in [3.63, 3.8) is 0 Å². The zero-order valence-electron chi connectivity index (χ0n) is 17.0. The van der Waals surface area contributed by atoms with Gasteiger partial charge < -0.3 is 4.57 Å². The smallest absolute Gasteiger partial charge is 0.344 e. The zero-order valence-corrected chi connectivity index (χ0v) is 17.8. The van der Waals surface area contributed by atoms with Crippen LogP contribution in [-0.2, 0) is 6.18 Å². The summed E-state index contributed by atoms with van der Waals surface area (Å²) in [6.45, 7) is 6.30. The van der Waals surface area contributed by atoms with E-state index in [1.54, 1.807) is 0 Å². The van der Waals surface area contributed by atoms with E-state index in [1.807, 2.05) is 25.1 Å². The van der Waals surface area contributed by atoms with Gasteiger partial charge in [-0.3, -0.25) is 4.98 Å². The number of hydrogen-bond donors (Lipinski definition) is 0. The summed E-state index contributed by atoms with van der Waals surface area (Å²) < 4.78 is 41.5. The van der Waals surface area contributed by atoms with Crippen molar-refractivity contribution >= 4 is 33.4 Å². The molecule has 0 aliphatic rings. The van der Waals surface area contributed by atoms with Gasteiger partial charge in [0.2, 0.25) is 0 Å². The summed E-state index contributed by atoms with van der Waals surface area (Å²) in [6.07, 6.45) is -0.312. The average Bonchev–Trinajstić information content (AvgIpc) is 3.14. The third-order valence-corrected chi connectivity index (χ3v) is 6.11. The first-order valence-electron chi connectivity index (χ1n) is 10.0. The fourth-order valence-electron chi connectivity index (χ4n) is 4.22. The van der Waals surface area contributed by atoms with Gasteiger partial charge in [-0.25, -0.2) is 0 Å². The number of fused-ring (bicyclic) bond motifs is 3. The quantitative estimate of drug-likeness (QED) is 0.319. The molecule has 0 bridgehead atoms. The molecule has 0 N–H and O–H groups in total. The van der Waals surface area contributed by atoms with E-state index in [2.05, 4.69) is 30.7 Å². The summed E-state index contributed by atoms with van der Waals surface area (Å²) >= 11 is 6.30. The van der Waals surface area contributed by atoms with Crippen LogP contribution in [-0.4, -0.2) is 9.55 Å². The number of aryl methyl sites for hydroxylation is 1. The van der Waals surface area contributed by atoms with E-state index in [0.29, 0.717) is 11.6 Å². The number of rotatable bonds is 4. The molecule has 156 valence electrons. The van der Waals surface area contributed by atoms with Gasteiger partial charge in [0.15, 0.2) is 0 Å². The maximum absolute atomic E-state index is 13.1. The SMILES string of the molecule is CCC(CC)n1ccc2c(C)nc3c(-c4ccc(C(F)(F)F)cc4Cl)cccc3c21. The second kappa shape index (κ2) is 7.62. The predicted molar refractivity (Wildman–Crippen MR) is 117 cm³/mol. The highest BCUT2D eigenvalue weighted by Crippen LogP contribution is 2.40. The third kappa shape index (κ3) is 3.35. The van der Waals surface area contributed by atoms with Crippen molar-refractivity contribution in [2.24, 2.45) is 0 Å². The van der Waals surface area contributed by atoms with E-state index in [1.165, 1.54) is 6.07 Å². The second-order valence-corrected chi connectivity index (χ2v) is 7.95. The number of nitrogens with zero attached hydrogens (tertiary/aromatic N) is 2. The van der Waals surface area contributed by atoms with Crippen LogP contribution in [0.2, 0.25) is 5.02 Å². The van der Waals surface area contributed by atoms with Crippen molar-refractivity contribution in [1.29, 1.82) is 0 Å². The molecule has 0 radical (unpaired) electrons. The molecule has 0 saturated carbocycles. The standard InChI is InChI=1S/C24H22ClF3N2/c1-4-16(5-2)30-12-11-17-14(3)29-22-19(7-6-8-20(22)23(17)30)18-10-9-15(13-21(18)25)24(26,27)28/h6-13,16H,4-5H2,1-3H3. The Morgan fingerprint density at radius 3 is 2.37 bits per heavy atom. The molecule has 4 aromatic rings. The van der Waals surface area contributed by atoms with Gasteiger partial charge in [-0.05, 0) is 38.0 Å². The van der Waals surface area contributed by atoms with E-state index in [9.17, 15) is 13.2 Å². The lowest BCUT2D eigenvalue weighted by Gasteiger charge is -2.18.